The Hall–Kier alpha value is -1.22. The first-order valence-corrected chi connectivity index (χ1v) is 10.6. The van der Waals surface area contributed by atoms with Crippen molar-refractivity contribution in [3.8, 4) is 0 Å². The molecule has 2 unspecified atom stereocenters. The van der Waals surface area contributed by atoms with Crippen molar-refractivity contribution < 1.29 is 29.3 Å². The molecule has 2 atom stereocenters. The molecular formula is C20H40N2O6. The predicted molar refractivity (Wildman–Crippen MR) is 108 cm³/mol. The van der Waals surface area contributed by atoms with Crippen LogP contribution in [0.25, 0.3) is 0 Å². The number of unbranched alkanes of at least 4 members (excludes halogenated alkanes) is 3. The lowest BCUT2D eigenvalue weighted by Crippen LogP contribution is -2.37. The lowest BCUT2D eigenvalue weighted by Gasteiger charge is -2.16. The summed E-state index contributed by atoms with van der Waals surface area (Å²) in [7, 11) is 0. The Morgan fingerprint density at radius 1 is 0.714 bits per heavy atom. The van der Waals surface area contributed by atoms with Crippen molar-refractivity contribution in [2.45, 2.75) is 77.4 Å². The number of hydrogen-bond donors (Lipinski definition) is 4. The third-order valence-electron chi connectivity index (χ3n) is 4.27. The fourth-order valence-electron chi connectivity index (χ4n) is 2.79. The van der Waals surface area contributed by atoms with Gasteiger partial charge in [-0.15, -0.1) is 0 Å². The van der Waals surface area contributed by atoms with Gasteiger partial charge in [-0.05, 0) is 52.4 Å². The van der Waals surface area contributed by atoms with Crippen LogP contribution in [0.3, 0.4) is 0 Å². The molecule has 0 heterocycles. The molecule has 4 N–H and O–H groups in total. The molecule has 0 radical (unpaired) electrons. The molecule has 0 aromatic rings. The minimum atomic E-state index is -0.489. The van der Waals surface area contributed by atoms with E-state index in [0.717, 1.165) is 25.7 Å². The normalized spacial score (nSPS) is 13.1. The van der Waals surface area contributed by atoms with Crippen LogP contribution in [0.15, 0.2) is 0 Å². The molecular weight excluding hydrogens is 364 g/mol. The van der Waals surface area contributed by atoms with Gasteiger partial charge in [-0.25, -0.2) is 0 Å². The Labute approximate surface area is 169 Å². The van der Waals surface area contributed by atoms with Crippen molar-refractivity contribution in [3.63, 3.8) is 0 Å². The van der Waals surface area contributed by atoms with Crippen LogP contribution in [0.4, 0.5) is 0 Å². The SMILES string of the molecule is CCOC(CCCO)C(=O)NCCCCCCNC(=O)C(CCCO)OCC. The van der Waals surface area contributed by atoms with E-state index in [1.54, 1.807) is 0 Å². The van der Waals surface area contributed by atoms with Crippen molar-refractivity contribution in [3.05, 3.63) is 0 Å². The molecule has 0 aromatic carbocycles. The molecule has 0 fully saturated rings. The number of aliphatic hydroxyl groups is 2. The fraction of sp³-hybridized carbons (Fsp3) is 0.900. The highest BCUT2D eigenvalue weighted by Gasteiger charge is 2.18. The molecule has 0 spiro atoms. The summed E-state index contributed by atoms with van der Waals surface area (Å²) in [4.78, 5) is 24.1. The third kappa shape index (κ3) is 13.9. The predicted octanol–water partition coefficient (Wildman–Crippen LogP) is 1.13. The molecule has 0 aliphatic heterocycles. The van der Waals surface area contributed by atoms with Gasteiger partial charge in [0.15, 0.2) is 0 Å². The highest BCUT2D eigenvalue weighted by molar-refractivity contribution is 5.81. The summed E-state index contributed by atoms with van der Waals surface area (Å²) in [5.74, 6) is -0.236. The largest absolute Gasteiger partial charge is 0.396 e. The summed E-state index contributed by atoms with van der Waals surface area (Å²) in [6.45, 7) is 5.95. The van der Waals surface area contributed by atoms with Crippen molar-refractivity contribution in [1.29, 1.82) is 0 Å². The van der Waals surface area contributed by atoms with Crippen LogP contribution in [-0.4, -0.2) is 73.8 Å². The van der Waals surface area contributed by atoms with E-state index in [2.05, 4.69) is 10.6 Å². The van der Waals surface area contributed by atoms with E-state index in [4.69, 9.17) is 19.7 Å². The third-order valence-corrected chi connectivity index (χ3v) is 4.27. The molecule has 8 nitrogen and oxygen atoms in total. The van der Waals surface area contributed by atoms with Gasteiger partial charge < -0.3 is 30.3 Å². The van der Waals surface area contributed by atoms with E-state index in [1.165, 1.54) is 0 Å². The Bertz CT molecular complexity index is 359. The number of nitrogens with one attached hydrogen (secondary N) is 2. The Balaban J connectivity index is 3.79. The average molecular weight is 405 g/mol. The van der Waals surface area contributed by atoms with Gasteiger partial charge in [0.25, 0.3) is 0 Å². The van der Waals surface area contributed by atoms with Crippen LogP contribution < -0.4 is 10.6 Å². The minimum absolute atomic E-state index is 0.0557. The van der Waals surface area contributed by atoms with E-state index >= 15 is 0 Å². The molecule has 0 saturated carbocycles. The number of rotatable bonds is 19. The van der Waals surface area contributed by atoms with Crippen LogP contribution in [0.5, 0.6) is 0 Å². The second-order valence-electron chi connectivity index (χ2n) is 6.62. The molecule has 166 valence electrons. The molecule has 8 heteroatoms. The van der Waals surface area contributed by atoms with Gasteiger partial charge in [-0.2, -0.15) is 0 Å². The summed E-state index contributed by atoms with van der Waals surface area (Å²) in [6.07, 6.45) is 4.84. The lowest BCUT2D eigenvalue weighted by atomic mass is 10.1. The smallest absolute Gasteiger partial charge is 0.249 e. The zero-order valence-corrected chi connectivity index (χ0v) is 17.6. The molecule has 2 amide bonds. The molecule has 0 rings (SSSR count). The van der Waals surface area contributed by atoms with Crippen LogP contribution in [0.2, 0.25) is 0 Å². The molecule has 0 aliphatic carbocycles. The first-order valence-electron chi connectivity index (χ1n) is 10.6. The molecule has 0 aromatic heterocycles. The zero-order valence-electron chi connectivity index (χ0n) is 17.6. The summed E-state index contributed by atoms with van der Waals surface area (Å²) >= 11 is 0. The number of hydrogen-bond acceptors (Lipinski definition) is 6. The van der Waals surface area contributed by atoms with E-state index in [1.807, 2.05) is 13.8 Å². The second-order valence-corrected chi connectivity index (χ2v) is 6.62. The van der Waals surface area contributed by atoms with Gasteiger partial charge in [-0.1, -0.05) is 12.8 Å². The number of ether oxygens (including phenoxy) is 2. The average Bonchev–Trinajstić information content (AvgIpc) is 2.69. The van der Waals surface area contributed by atoms with Crippen molar-refractivity contribution >= 4 is 11.8 Å². The quantitative estimate of drug-likeness (QED) is 0.240. The van der Waals surface area contributed by atoms with Gasteiger partial charge in [0.05, 0.1) is 0 Å². The van der Waals surface area contributed by atoms with Crippen molar-refractivity contribution in [2.24, 2.45) is 0 Å². The molecule has 0 bridgehead atoms. The Kier molecular flexibility index (Phi) is 18.3. The van der Waals surface area contributed by atoms with Gasteiger partial charge in [0, 0.05) is 39.5 Å². The maximum absolute atomic E-state index is 12.0. The lowest BCUT2D eigenvalue weighted by molar-refractivity contribution is -0.133. The summed E-state index contributed by atoms with van der Waals surface area (Å²) < 4.78 is 10.8. The summed E-state index contributed by atoms with van der Waals surface area (Å²) in [5.41, 5.74) is 0. The van der Waals surface area contributed by atoms with Crippen molar-refractivity contribution in [2.75, 3.05) is 39.5 Å². The first-order chi connectivity index (χ1) is 13.6. The number of aliphatic hydroxyl groups excluding tert-OH is 2. The highest BCUT2D eigenvalue weighted by atomic mass is 16.5. The summed E-state index contributed by atoms with van der Waals surface area (Å²) in [5, 5.41) is 23.5. The molecule has 0 aliphatic rings. The van der Waals surface area contributed by atoms with E-state index in [9.17, 15) is 9.59 Å². The van der Waals surface area contributed by atoms with Crippen LogP contribution in [-0.2, 0) is 19.1 Å². The van der Waals surface area contributed by atoms with Gasteiger partial charge in [-0.3, -0.25) is 9.59 Å². The first kappa shape index (κ1) is 26.8. The highest BCUT2D eigenvalue weighted by Crippen LogP contribution is 2.05. The van der Waals surface area contributed by atoms with E-state index in [0.29, 0.717) is 52.0 Å². The minimum Gasteiger partial charge on any atom is -0.396 e. The van der Waals surface area contributed by atoms with Crippen LogP contribution in [0, 0.1) is 0 Å². The van der Waals surface area contributed by atoms with Gasteiger partial charge in [0.1, 0.15) is 12.2 Å². The second kappa shape index (κ2) is 19.1. The monoisotopic (exact) mass is 404 g/mol. The molecule has 0 saturated heterocycles. The van der Waals surface area contributed by atoms with E-state index in [-0.39, 0.29) is 25.0 Å². The number of carbonyl (C=O) groups excluding carboxylic acids is 2. The number of carbonyl (C=O) groups is 2. The van der Waals surface area contributed by atoms with Crippen LogP contribution in [0.1, 0.15) is 65.2 Å². The number of amides is 2. The maximum atomic E-state index is 12.0. The standard InChI is InChI=1S/C20H40N2O6/c1-3-27-17(11-9-15-23)19(25)21-13-7-5-6-8-14-22-20(26)18(28-4-2)12-10-16-24/h17-18,23-24H,3-16H2,1-2H3,(H,21,25)(H,22,26). The van der Waals surface area contributed by atoms with Gasteiger partial charge >= 0.3 is 0 Å². The van der Waals surface area contributed by atoms with Crippen LogP contribution >= 0.6 is 0 Å². The van der Waals surface area contributed by atoms with Crippen molar-refractivity contribution in [1.82, 2.24) is 10.6 Å². The maximum Gasteiger partial charge on any atom is 0.249 e. The van der Waals surface area contributed by atoms with Gasteiger partial charge in [0.2, 0.25) is 11.8 Å². The zero-order chi connectivity index (χ0) is 21.0. The Morgan fingerprint density at radius 2 is 1.11 bits per heavy atom. The summed E-state index contributed by atoms with van der Waals surface area (Å²) in [6, 6.07) is 0. The topological polar surface area (TPSA) is 117 Å². The van der Waals surface area contributed by atoms with E-state index < -0.39 is 12.2 Å². The fourth-order valence-corrected chi connectivity index (χ4v) is 2.79. The molecule has 28 heavy (non-hydrogen) atoms. The Morgan fingerprint density at radius 3 is 1.43 bits per heavy atom.